The second-order valence-electron chi connectivity index (χ2n) is 8.04. The van der Waals surface area contributed by atoms with Crippen molar-refractivity contribution in [2.24, 2.45) is 7.05 Å². The van der Waals surface area contributed by atoms with Gasteiger partial charge in [0.05, 0.1) is 34.5 Å². The highest BCUT2D eigenvalue weighted by Crippen LogP contribution is 2.37. The van der Waals surface area contributed by atoms with Crippen LogP contribution in [0.1, 0.15) is 30.6 Å². The molecule has 0 spiro atoms. The zero-order valence-corrected chi connectivity index (χ0v) is 19.4. The van der Waals surface area contributed by atoms with Gasteiger partial charge in [-0.15, -0.1) is 0 Å². The van der Waals surface area contributed by atoms with E-state index in [-0.39, 0.29) is 18.0 Å². The number of piperidine rings is 1. The van der Waals surface area contributed by atoms with Crippen LogP contribution in [0.5, 0.6) is 0 Å². The van der Waals surface area contributed by atoms with Gasteiger partial charge in [-0.2, -0.15) is 0 Å². The molecule has 0 atom stereocenters. The van der Waals surface area contributed by atoms with E-state index in [2.05, 4.69) is 11.0 Å². The van der Waals surface area contributed by atoms with Gasteiger partial charge in [-0.3, -0.25) is 14.5 Å². The first kappa shape index (κ1) is 21.0. The van der Waals surface area contributed by atoms with Crippen LogP contribution in [0.15, 0.2) is 56.8 Å². The minimum Gasteiger partial charge on any atom is -0.467 e. The Kier molecular flexibility index (Phi) is 5.65. The van der Waals surface area contributed by atoms with Gasteiger partial charge in [0.1, 0.15) is 10.1 Å². The summed E-state index contributed by atoms with van der Waals surface area (Å²) in [6.45, 7) is 2.08. The van der Waals surface area contributed by atoms with Crippen molar-refractivity contribution in [3.8, 4) is 0 Å². The fraction of sp³-hybridized carbons (Fsp3) is 0.292. The lowest BCUT2D eigenvalue weighted by atomic mass is 10.0. The number of thiocarbonyl (C=S) groups is 1. The predicted octanol–water partition coefficient (Wildman–Crippen LogP) is 4.52. The number of aryl methyl sites for hydroxylation is 1. The highest BCUT2D eigenvalue weighted by Gasteiger charge is 2.33. The van der Waals surface area contributed by atoms with Gasteiger partial charge in [0, 0.05) is 25.5 Å². The summed E-state index contributed by atoms with van der Waals surface area (Å²) in [6, 6.07) is 11.6. The number of aromatic nitrogens is 1. The molecule has 3 aromatic rings. The smallest absolute Gasteiger partial charge is 0.266 e. The lowest BCUT2D eigenvalue weighted by Gasteiger charge is -2.31. The zero-order chi connectivity index (χ0) is 22.2. The molecular weight excluding hydrogens is 442 g/mol. The van der Waals surface area contributed by atoms with Crippen molar-refractivity contribution in [2.75, 3.05) is 18.0 Å². The second kappa shape index (κ2) is 8.60. The number of anilines is 1. The van der Waals surface area contributed by atoms with E-state index in [1.54, 1.807) is 30.0 Å². The van der Waals surface area contributed by atoms with E-state index in [0.29, 0.717) is 20.5 Å². The van der Waals surface area contributed by atoms with E-state index < -0.39 is 0 Å². The standard InChI is InChI=1S/C24H23N3O3S2/c1-25-19-10-4-3-9-17(19)21(26-11-5-2-6-12-26)18(22(25)28)14-20-23(29)27(24(31)32-20)15-16-8-7-13-30-16/h3-4,7-10,13-14H,2,5-6,11-12,15H2,1H3. The maximum absolute atomic E-state index is 13.5. The van der Waals surface area contributed by atoms with Crippen LogP contribution in [-0.2, 0) is 18.4 Å². The Bertz CT molecular complexity index is 1290. The fourth-order valence-corrected chi connectivity index (χ4v) is 5.65. The molecule has 4 heterocycles. The number of thioether (sulfide) groups is 1. The highest BCUT2D eigenvalue weighted by molar-refractivity contribution is 8.26. The average Bonchev–Trinajstić information content (AvgIpc) is 3.42. The molecule has 2 aliphatic rings. The Morgan fingerprint density at radius 3 is 2.62 bits per heavy atom. The summed E-state index contributed by atoms with van der Waals surface area (Å²) >= 11 is 6.70. The Balaban J connectivity index is 1.63. The van der Waals surface area contributed by atoms with Crippen LogP contribution in [0, 0.1) is 0 Å². The van der Waals surface area contributed by atoms with Crippen LogP contribution in [0.25, 0.3) is 17.0 Å². The first-order chi connectivity index (χ1) is 15.5. The lowest BCUT2D eigenvalue weighted by molar-refractivity contribution is -0.122. The molecule has 32 heavy (non-hydrogen) atoms. The minimum atomic E-state index is -0.198. The van der Waals surface area contributed by atoms with Crippen molar-refractivity contribution in [2.45, 2.75) is 25.8 Å². The summed E-state index contributed by atoms with van der Waals surface area (Å²) in [5, 5.41) is 1.02. The van der Waals surface area contributed by atoms with Crippen molar-refractivity contribution in [1.29, 1.82) is 0 Å². The van der Waals surface area contributed by atoms with Gasteiger partial charge in [0.15, 0.2) is 0 Å². The summed E-state index contributed by atoms with van der Waals surface area (Å²) in [4.78, 5) is 30.9. The van der Waals surface area contributed by atoms with E-state index in [0.717, 1.165) is 42.5 Å². The summed E-state index contributed by atoms with van der Waals surface area (Å²) in [7, 11) is 1.78. The molecule has 2 aromatic heterocycles. The quantitative estimate of drug-likeness (QED) is 0.417. The van der Waals surface area contributed by atoms with Gasteiger partial charge in [-0.25, -0.2) is 0 Å². The third-order valence-electron chi connectivity index (χ3n) is 6.03. The normalized spacial score (nSPS) is 18.3. The SMILES string of the molecule is Cn1c(=O)c(C=C2SC(=S)N(Cc3ccco3)C2=O)c(N2CCCCC2)c2ccccc21. The predicted molar refractivity (Wildman–Crippen MR) is 133 cm³/mol. The molecule has 8 heteroatoms. The van der Waals surface area contributed by atoms with Crippen LogP contribution in [-0.4, -0.2) is 32.8 Å². The van der Waals surface area contributed by atoms with E-state index in [1.807, 2.05) is 24.3 Å². The minimum absolute atomic E-state index is 0.111. The van der Waals surface area contributed by atoms with E-state index in [1.165, 1.54) is 23.1 Å². The topological polar surface area (TPSA) is 58.7 Å². The van der Waals surface area contributed by atoms with Gasteiger partial charge in [-0.1, -0.05) is 42.2 Å². The molecule has 5 rings (SSSR count). The zero-order valence-electron chi connectivity index (χ0n) is 17.7. The van der Waals surface area contributed by atoms with Gasteiger partial charge in [0.25, 0.3) is 11.5 Å². The van der Waals surface area contributed by atoms with E-state index in [4.69, 9.17) is 16.6 Å². The number of rotatable bonds is 4. The number of benzene rings is 1. The summed E-state index contributed by atoms with van der Waals surface area (Å²) < 4.78 is 7.52. The molecule has 6 nitrogen and oxygen atoms in total. The molecule has 1 amide bonds. The van der Waals surface area contributed by atoms with Crippen LogP contribution in [0.2, 0.25) is 0 Å². The monoisotopic (exact) mass is 465 g/mol. The Morgan fingerprint density at radius 1 is 1.09 bits per heavy atom. The lowest BCUT2D eigenvalue weighted by Crippen LogP contribution is -2.33. The Hall–Kier alpha value is -2.84. The van der Waals surface area contributed by atoms with Crippen molar-refractivity contribution in [3.05, 3.63) is 69.2 Å². The van der Waals surface area contributed by atoms with Crippen molar-refractivity contribution >= 4 is 56.9 Å². The molecule has 164 valence electrons. The summed E-state index contributed by atoms with van der Waals surface area (Å²) in [6.07, 6.45) is 6.69. The number of nitrogens with zero attached hydrogens (tertiary/aromatic N) is 3. The number of carbonyl (C=O) groups excluding carboxylic acids is 1. The Morgan fingerprint density at radius 2 is 1.88 bits per heavy atom. The first-order valence-corrected chi connectivity index (χ1v) is 11.9. The van der Waals surface area contributed by atoms with E-state index >= 15 is 0 Å². The van der Waals surface area contributed by atoms with Crippen molar-refractivity contribution < 1.29 is 9.21 Å². The molecule has 0 unspecified atom stereocenters. The molecular formula is C24H23N3O3S2. The summed E-state index contributed by atoms with van der Waals surface area (Å²) in [5.41, 5.74) is 2.24. The third kappa shape index (κ3) is 3.67. The van der Waals surface area contributed by atoms with Crippen LogP contribution < -0.4 is 10.5 Å². The first-order valence-electron chi connectivity index (χ1n) is 10.7. The molecule has 2 saturated heterocycles. The van der Waals surface area contributed by atoms with Crippen LogP contribution >= 0.6 is 24.0 Å². The molecule has 1 aromatic carbocycles. The van der Waals surface area contributed by atoms with Crippen molar-refractivity contribution in [1.82, 2.24) is 9.47 Å². The number of fused-ring (bicyclic) bond motifs is 1. The largest absolute Gasteiger partial charge is 0.467 e. The van der Waals surface area contributed by atoms with Gasteiger partial charge in [-0.05, 0) is 43.5 Å². The Labute approximate surface area is 195 Å². The molecule has 2 fully saturated rings. The number of amides is 1. The number of furan rings is 1. The van der Waals surface area contributed by atoms with Gasteiger partial charge in [0.2, 0.25) is 0 Å². The van der Waals surface area contributed by atoms with Crippen LogP contribution in [0.3, 0.4) is 0 Å². The molecule has 0 radical (unpaired) electrons. The van der Waals surface area contributed by atoms with E-state index in [9.17, 15) is 9.59 Å². The number of hydrogen-bond donors (Lipinski definition) is 0. The molecule has 0 aliphatic carbocycles. The van der Waals surface area contributed by atoms with Crippen LogP contribution in [0.4, 0.5) is 5.69 Å². The van der Waals surface area contributed by atoms with Gasteiger partial charge >= 0.3 is 0 Å². The maximum Gasteiger partial charge on any atom is 0.266 e. The number of hydrogen-bond acceptors (Lipinski definition) is 6. The molecule has 0 saturated carbocycles. The molecule has 0 N–H and O–H groups in total. The molecule has 2 aliphatic heterocycles. The second-order valence-corrected chi connectivity index (χ2v) is 9.71. The highest BCUT2D eigenvalue weighted by atomic mass is 32.2. The van der Waals surface area contributed by atoms with Gasteiger partial charge < -0.3 is 13.9 Å². The number of para-hydroxylation sites is 1. The summed E-state index contributed by atoms with van der Waals surface area (Å²) in [5.74, 6) is 0.467. The molecule has 0 bridgehead atoms. The number of carbonyl (C=O) groups is 1. The van der Waals surface area contributed by atoms with Crippen molar-refractivity contribution in [3.63, 3.8) is 0 Å². The number of pyridine rings is 1. The fourth-order valence-electron chi connectivity index (χ4n) is 4.42. The average molecular weight is 466 g/mol. The third-order valence-corrected chi connectivity index (χ3v) is 7.40. The maximum atomic E-state index is 13.5.